The van der Waals surface area contributed by atoms with Crippen molar-refractivity contribution in [1.29, 1.82) is 0 Å². The van der Waals surface area contributed by atoms with Crippen LogP contribution in [0.4, 0.5) is 19.0 Å². The van der Waals surface area contributed by atoms with E-state index in [1.165, 1.54) is 24.7 Å². The smallest absolute Gasteiger partial charge is 0.379 e. The molecule has 1 fully saturated rings. The Kier molecular flexibility index (Phi) is 7.94. The fourth-order valence-electron chi connectivity index (χ4n) is 4.21. The van der Waals surface area contributed by atoms with Crippen molar-refractivity contribution < 1.29 is 22.7 Å². The fraction of sp³-hybridized carbons (Fsp3) is 0.296. The zero-order valence-electron chi connectivity index (χ0n) is 20.9. The molecule has 5 rings (SSSR count). The van der Waals surface area contributed by atoms with Gasteiger partial charge in [0.1, 0.15) is 5.82 Å². The molecule has 0 aromatic carbocycles. The molecule has 0 bridgehead atoms. The van der Waals surface area contributed by atoms with Crippen LogP contribution in [0.5, 0.6) is 0 Å². The molecule has 5 heterocycles. The Hall–Kier alpha value is -4.16. The maximum atomic E-state index is 13.7. The lowest BCUT2D eigenvalue weighted by Gasteiger charge is -2.26. The number of ether oxygens (including phenoxy) is 1. The van der Waals surface area contributed by atoms with Gasteiger partial charge in [-0.2, -0.15) is 18.3 Å². The van der Waals surface area contributed by atoms with Crippen molar-refractivity contribution in [1.82, 2.24) is 29.6 Å². The third kappa shape index (κ3) is 6.65. The number of nitrogens with one attached hydrogen (secondary N) is 1. The zero-order chi connectivity index (χ0) is 27.2. The highest BCUT2D eigenvalue weighted by Gasteiger charge is 2.36. The van der Waals surface area contributed by atoms with Crippen molar-refractivity contribution in [3.63, 3.8) is 0 Å². The second-order valence-corrected chi connectivity index (χ2v) is 9.00. The van der Waals surface area contributed by atoms with Gasteiger partial charge in [-0.1, -0.05) is 6.07 Å². The van der Waals surface area contributed by atoms with E-state index in [4.69, 9.17) is 4.74 Å². The fourth-order valence-corrected chi connectivity index (χ4v) is 4.21. The molecule has 1 saturated heterocycles. The van der Waals surface area contributed by atoms with Crippen LogP contribution < -0.4 is 5.32 Å². The number of ketones is 1. The molecule has 39 heavy (non-hydrogen) atoms. The zero-order valence-corrected chi connectivity index (χ0v) is 20.9. The second kappa shape index (κ2) is 11.7. The predicted molar refractivity (Wildman–Crippen MR) is 138 cm³/mol. The van der Waals surface area contributed by atoms with Gasteiger partial charge in [-0.25, -0.2) is 14.6 Å². The number of aromatic nitrogens is 5. The number of carbonyl (C=O) groups excluding carboxylic acids is 1. The number of alkyl halides is 3. The molecule has 12 heteroatoms. The molecule has 4 aromatic heterocycles. The average molecular weight is 538 g/mol. The second-order valence-electron chi connectivity index (χ2n) is 9.00. The van der Waals surface area contributed by atoms with Crippen LogP contribution in [0.2, 0.25) is 0 Å². The summed E-state index contributed by atoms with van der Waals surface area (Å²) in [5.74, 6) is 0.437. The lowest BCUT2D eigenvalue weighted by Crippen LogP contribution is -2.39. The summed E-state index contributed by atoms with van der Waals surface area (Å²) in [5, 5.41) is 7.37. The minimum Gasteiger partial charge on any atom is -0.379 e. The minimum absolute atomic E-state index is 0.00988. The van der Waals surface area contributed by atoms with Crippen LogP contribution in [-0.4, -0.2) is 74.8 Å². The molecule has 0 saturated carbocycles. The molecule has 9 nitrogen and oxygen atoms in total. The Morgan fingerprint density at radius 1 is 1.03 bits per heavy atom. The summed E-state index contributed by atoms with van der Waals surface area (Å²) < 4.78 is 47.3. The Balaban J connectivity index is 1.25. The van der Waals surface area contributed by atoms with Crippen LogP contribution in [0, 0.1) is 0 Å². The molecular weight excluding hydrogens is 511 g/mol. The van der Waals surface area contributed by atoms with Gasteiger partial charge in [-0.3, -0.25) is 14.7 Å². The van der Waals surface area contributed by atoms with Gasteiger partial charge in [0, 0.05) is 68.5 Å². The van der Waals surface area contributed by atoms with Gasteiger partial charge in [0.25, 0.3) is 0 Å². The number of hydrogen-bond donors (Lipinski definition) is 1. The highest BCUT2D eigenvalue weighted by molar-refractivity contribution is 5.98. The molecule has 0 radical (unpaired) electrons. The van der Waals surface area contributed by atoms with Gasteiger partial charge in [0.15, 0.2) is 17.3 Å². The van der Waals surface area contributed by atoms with Crippen molar-refractivity contribution >= 4 is 11.6 Å². The first-order valence-corrected chi connectivity index (χ1v) is 12.4. The van der Waals surface area contributed by atoms with Crippen LogP contribution in [0.3, 0.4) is 0 Å². The van der Waals surface area contributed by atoms with Crippen LogP contribution in [0.15, 0.2) is 67.3 Å². The highest BCUT2D eigenvalue weighted by Crippen LogP contribution is 2.33. The monoisotopic (exact) mass is 537 g/mol. The minimum atomic E-state index is -4.64. The standard InChI is InChI=1S/C27H26F3N7O2/c28-27(29,30)24-16-22(21-2-1-6-31-18-21)35-37(24)26-4-3-19(17-34-26)14-23(38)20-5-7-32-25(15-20)33-8-9-36-10-12-39-13-11-36/h1-7,15-18H,8-14H2,(H,32,33). The number of pyridine rings is 3. The molecule has 202 valence electrons. The first kappa shape index (κ1) is 26.4. The van der Waals surface area contributed by atoms with E-state index in [-0.39, 0.29) is 23.7 Å². The van der Waals surface area contributed by atoms with Crippen molar-refractivity contribution in [2.45, 2.75) is 12.6 Å². The van der Waals surface area contributed by atoms with E-state index >= 15 is 0 Å². The highest BCUT2D eigenvalue weighted by atomic mass is 19.4. The normalized spacial score (nSPS) is 14.3. The lowest BCUT2D eigenvalue weighted by atomic mass is 10.1. The van der Waals surface area contributed by atoms with Gasteiger partial charge in [-0.05, 0) is 42.0 Å². The third-order valence-electron chi connectivity index (χ3n) is 6.27. The first-order valence-electron chi connectivity index (χ1n) is 12.4. The Morgan fingerprint density at radius 2 is 1.87 bits per heavy atom. The van der Waals surface area contributed by atoms with E-state index in [1.807, 2.05) is 0 Å². The van der Waals surface area contributed by atoms with E-state index in [0.717, 1.165) is 43.6 Å². The number of morpholine rings is 1. The third-order valence-corrected chi connectivity index (χ3v) is 6.27. The lowest BCUT2D eigenvalue weighted by molar-refractivity contribution is -0.142. The number of carbonyl (C=O) groups is 1. The summed E-state index contributed by atoms with van der Waals surface area (Å²) in [5.41, 5.74) is 0.675. The molecule has 4 aromatic rings. The van der Waals surface area contributed by atoms with Crippen molar-refractivity contribution in [3.05, 3.63) is 84.1 Å². The van der Waals surface area contributed by atoms with Crippen LogP contribution in [0.25, 0.3) is 17.1 Å². The SMILES string of the molecule is O=C(Cc1ccc(-n2nc(-c3cccnc3)cc2C(F)(F)F)nc1)c1ccnc(NCCN2CCOCC2)c1. The number of Topliss-reactive ketones (excluding diaryl/α,β-unsaturated/α-hetero) is 1. The van der Waals surface area contributed by atoms with Crippen molar-refractivity contribution in [2.24, 2.45) is 0 Å². The Labute approximate surface area is 222 Å². The molecular formula is C27H26F3N7O2. The number of halogens is 3. The summed E-state index contributed by atoms with van der Waals surface area (Å²) in [6.07, 6.45) is 1.33. The summed E-state index contributed by atoms with van der Waals surface area (Å²) in [6.45, 7) is 4.78. The molecule has 0 amide bonds. The summed E-state index contributed by atoms with van der Waals surface area (Å²) >= 11 is 0. The Bertz CT molecular complexity index is 1400. The first-order chi connectivity index (χ1) is 18.9. The Morgan fingerprint density at radius 3 is 2.59 bits per heavy atom. The van der Waals surface area contributed by atoms with Crippen molar-refractivity contribution in [3.8, 4) is 17.1 Å². The van der Waals surface area contributed by atoms with Crippen LogP contribution >= 0.6 is 0 Å². The van der Waals surface area contributed by atoms with Crippen LogP contribution in [0.1, 0.15) is 21.6 Å². The van der Waals surface area contributed by atoms with Gasteiger partial charge in [0.05, 0.1) is 18.9 Å². The maximum absolute atomic E-state index is 13.7. The number of rotatable bonds is 9. The molecule has 0 unspecified atom stereocenters. The number of nitrogens with zero attached hydrogens (tertiary/aromatic N) is 6. The molecule has 0 spiro atoms. The molecule has 0 aliphatic carbocycles. The van der Waals surface area contributed by atoms with Gasteiger partial charge >= 0.3 is 6.18 Å². The molecule has 1 N–H and O–H groups in total. The molecule has 0 atom stereocenters. The van der Waals surface area contributed by atoms with E-state index in [2.05, 4.69) is 30.3 Å². The summed E-state index contributed by atoms with van der Waals surface area (Å²) in [6, 6.07) is 10.5. The predicted octanol–water partition coefficient (Wildman–Crippen LogP) is 3.91. The molecule has 1 aliphatic rings. The van der Waals surface area contributed by atoms with Gasteiger partial charge in [-0.15, -0.1) is 0 Å². The molecule has 1 aliphatic heterocycles. The van der Waals surface area contributed by atoms with Gasteiger partial charge < -0.3 is 10.1 Å². The summed E-state index contributed by atoms with van der Waals surface area (Å²) in [4.78, 5) is 27.6. The van der Waals surface area contributed by atoms with Crippen molar-refractivity contribution in [2.75, 3.05) is 44.7 Å². The van der Waals surface area contributed by atoms with E-state index < -0.39 is 11.9 Å². The number of hydrogen-bond acceptors (Lipinski definition) is 8. The van der Waals surface area contributed by atoms with E-state index in [9.17, 15) is 18.0 Å². The topological polar surface area (TPSA) is 98.1 Å². The maximum Gasteiger partial charge on any atom is 0.433 e. The quantitative estimate of drug-likeness (QED) is 0.321. The van der Waals surface area contributed by atoms with E-state index in [0.29, 0.717) is 29.1 Å². The van der Waals surface area contributed by atoms with Gasteiger partial charge in [0.2, 0.25) is 0 Å². The largest absolute Gasteiger partial charge is 0.433 e. The van der Waals surface area contributed by atoms with Crippen LogP contribution in [-0.2, 0) is 17.3 Å². The summed E-state index contributed by atoms with van der Waals surface area (Å²) in [7, 11) is 0. The average Bonchev–Trinajstić information content (AvgIpc) is 3.41. The number of anilines is 1. The van der Waals surface area contributed by atoms with E-state index in [1.54, 1.807) is 36.5 Å².